The predicted octanol–water partition coefficient (Wildman–Crippen LogP) is 1.12. The zero-order valence-corrected chi connectivity index (χ0v) is 8.42. The SMILES string of the molecule is C#CC(CCC)NC(CN)C1CC1. The molecule has 2 heteroatoms. The van der Waals surface area contributed by atoms with E-state index >= 15 is 0 Å². The molecule has 1 aliphatic carbocycles. The Labute approximate surface area is 81.3 Å². The molecule has 0 radical (unpaired) electrons. The van der Waals surface area contributed by atoms with Crippen LogP contribution < -0.4 is 11.1 Å². The van der Waals surface area contributed by atoms with Crippen molar-refractivity contribution in [3.05, 3.63) is 0 Å². The predicted molar refractivity (Wildman–Crippen MR) is 56.2 cm³/mol. The van der Waals surface area contributed by atoms with Gasteiger partial charge in [0.1, 0.15) is 0 Å². The molecule has 13 heavy (non-hydrogen) atoms. The first-order valence-corrected chi connectivity index (χ1v) is 5.24. The molecule has 0 bridgehead atoms. The first-order valence-electron chi connectivity index (χ1n) is 5.24. The Morgan fingerprint density at radius 3 is 2.69 bits per heavy atom. The lowest BCUT2D eigenvalue weighted by Gasteiger charge is -2.20. The standard InChI is InChI=1S/C11H20N2/c1-3-5-10(4-2)13-11(8-12)9-6-7-9/h2,9-11,13H,3,5-8,12H2,1H3. The number of terminal acetylenes is 1. The average molecular weight is 180 g/mol. The molecule has 1 rings (SSSR count). The summed E-state index contributed by atoms with van der Waals surface area (Å²) < 4.78 is 0. The highest BCUT2D eigenvalue weighted by Crippen LogP contribution is 2.32. The molecule has 0 heterocycles. The van der Waals surface area contributed by atoms with Crippen LogP contribution in [0.5, 0.6) is 0 Å². The topological polar surface area (TPSA) is 38.0 Å². The Balaban J connectivity index is 2.29. The van der Waals surface area contributed by atoms with Gasteiger partial charge in [-0.1, -0.05) is 19.3 Å². The van der Waals surface area contributed by atoms with Crippen LogP contribution in [0.15, 0.2) is 0 Å². The zero-order chi connectivity index (χ0) is 9.68. The van der Waals surface area contributed by atoms with Crippen LogP contribution in [0.3, 0.4) is 0 Å². The van der Waals surface area contributed by atoms with Crippen LogP contribution in [0.2, 0.25) is 0 Å². The summed E-state index contributed by atoms with van der Waals surface area (Å²) in [4.78, 5) is 0. The van der Waals surface area contributed by atoms with Crippen LogP contribution in [0.25, 0.3) is 0 Å². The average Bonchev–Trinajstić information content (AvgIpc) is 2.95. The molecule has 0 spiro atoms. The molecular formula is C11H20N2. The van der Waals surface area contributed by atoms with Crippen LogP contribution in [0.1, 0.15) is 32.6 Å². The molecule has 0 amide bonds. The first kappa shape index (κ1) is 10.6. The van der Waals surface area contributed by atoms with Crippen LogP contribution >= 0.6 is 0 Å². The van der Waals surface area contributed by atoms with Gasteiger partial charge in [-0.15, -0.1) is 6.42 Å². The van der Waals surface area contributed by atoms with Gasteiger partial charge in [0, 0.05) is 12.6 Å². The summed E-state index contributed by atoms with van der Waals surface area (Å²) in [7, 11) is 0. The third-order valence-electron chi connectivity index (χ3n) is 2.64. The number of rotatable bonds is 6. The smallest absolute Gasteiger partial charge is 0.0689 e. The van der Waals surface area contributed by atoms with Gasteiger partial charge in [-0.2, -0.15) is 0 Å². The molecule has 0 saturated heterocycles. The van der Waals surface area contributed by atoms with E-state index in [9.17, 15) is 0 Å². The Morgan fingerprint density at radius 2 is 2.31 bits per heavy atom. The van der Waals surface area contributed by atoms with Crippen LogP contribution in [-0.2, 0) is 0 Å². The lowest BCUT2D eigenvalue weighted by molar-refractivity contribution is 0.426. The highest BCUT2D eigenvalue weighted by molar-refractivity contribution is 5.01. The minimum atomic E-state index is 0.221. The fraction of sp³-hybridized carbons (Fsp3) is 0.818. The quantitative estimate of drug-likeness (QED) is 0.601. The van der Waals surface area contributed by atoms with Gasteiger partial charge < -0.3 is 5.73 Å². The van der Waals surface area contributed by atoms with Crippen molar-refractivity contribution >= 4 is 0 Å². The van der Waals surface area contributed by atoms with Gasteiger partial charge in [-0.05, 0) is 25.2 Å². The maximum atomic E-state index is 5.68. The van der Waals surface area contributed by atoms with Crippen molar-refractivity contribution in [1.82, 2.24) is 5.32 Å². The van der Waals surface area contributed by atoms with E-state index in [2.05, 4.69) is 18.2 Å². The monoisotopic (exact) mass is 180 g/mol. The van der Waals surface area contributed by atoms with Gasteiger partial charge in [-0.25, -0.2) is 0 Å². The van der Waals surface area contributed by atoms with Crippen molar-refractivity contribution in [2.45, 2.75) is 44.7 Å². The first-order chi connectivity index (χ1) is 6.31. The summed E-state index contributed by atoms with van der Waals surface area (Å²) in [5.74, 6) is 3.57. The molecule has 3 N–H and O–H groups in total. The fourth-order valence-electron chi connectivity index (χ4n) is 1.66. The lowest BCUT2D eigenvalue weighted by Crippen LogP contribution is -2.43. The Kier molecular flexibility index (Phi) is 4.27. The Morgan fingerprint density at radius 1 is 1.62 bits per heavy atom. The number of hydrogen-bond donors (Lipinski definition) is 2. The maximum absolute atomic E-state index is 5.68. The van der Waals surface area contributed by atoms with E-state index in [1.54, 1.807) is 0 Å². The lowest BCUT2D eigenvalue weighted by atomic mass is 10.1. The fourth-order valence-corrected chi connectivity index (χ4v) is 1.66. The second-order valence-corrected chi connectivity index (χ2v) is 3.85. The van der Waals surface area contributed by atoms with Gasteiger partial charge >= 0.3 is 0 Å². The van der Waals surface area contributed by atoms with E-state index in [1.807, 2.05) is 0 Å². The van der Waals surface area contributed by atoms with E-state index in [-0.39, 0.29) is 6.04 Å². The second kappa shape index (κ2) is 5.26. The summed E-state index contributed by atoms with van der Waals surface area (Å²) in [5, 5.41) is 3.46. The van der Waals surface area contributed by atoms with Crippen LogP contribution in [0.4, 0.5) is 0 Å². The molecule has 1 aliphatic rings. The third kappa shape index (κ3) is 3.38. The van der Waals surface area contributed by atoms with Crippen molar-refractivity contribution in [2.24, 2.45) is 11.7 Å². The van der Waals surface area contributed by atoms with Crippen LogP contribution in [0, 0.1) is 18.3 Å². The highest BCUT2D eigenvalue weighted by Gasteiger charge is 2.30. The van der Waals surface area contributed by atoms with E-state index in [1.165, 1.54) is 12.8 Å². The van der Waals surface area contributed by atoms with Crippen molar-refractivity contribution < 1.29 is 0 Å². The van der Waals surface area contributed by atoms with Gasteiger partial charge in [0.05, 0.1) is 6.04 Å². The molecule has 0 aliphatic heterocycles. The van der Waals surface area contributed by atoms with Gasteiger partial charge in [0.25, 0.3) is 0 Å². The number of nitrogens with two attached hydrogens (primary N) is 1. The summed E-state index contributed by atoms with van der Waals surface area (Å²) in [5.41, 5.74) is 5.68. The molecule has 2 atom stereocenters. The number of hydrogen-bond acceptors (Lipinski definition) is 2. The van der Waals surface area contributed by atoms with Crippen molar-refractivity contribution in [2.75, 3.05) is 6.54 Å². The number of nitrogens with one attached hydrogen (secondary N) is 1. The van der Waals surface area contributed by atoms with E-state index < -0.39 is 0 Å². The summed E-state index contributed by atoms with van der Waals surface area (Å²) >= 11 is 0. The van der Waals surface area contributed by atoms with Crippen molar-refractivity contribution in [3.63, 3.8) is 0 Å². The van der Waals surface area contributed by atoms with Crippen molar-refractivity contribution in [3.8, 4) is 12.3 Å². The molecular weight excluding hydrogens is 160 g/mol. The summed E-state index contributed by atoms with van der Waals surface area (Å²) in [6, 6.07) is 0.673. The molecule has 2 unspecified atom stereocenters. The van der Waals surface area contributed by atoms with Gasteiger partial charge in [0.15, 0.2) is 0 Å². The van der Waals surface area contributed by atoms with E-state index in [0.29, 0.717) is 12.6 Å². The summed E-state index contributed by atoms with van der Waals surface area (Å²) in [6.45, 7) is 2.87. The molecule has 2 nitrogen and oxygen atoms in total. The largest absolute Gasteiger partial charge is 0.329 e. The maximum Gasteiger partial charge on any atom is 0.0689 e. The minimum absolute atomic E-state index is 0.221. The molecule has 0 aromatic carbocycles. The third-order valence-corrected chi connectivity index (χ3v) is 2.64. The molecule has 74 valence electrons. The molecule has 1 fully saturated rings. The molecule has 0 aromatic rings. The minimum Gasteiger partial charge on any atom is -0.329 e. The van der Waals surface area contributed by atoms with E-state index in [4.69, 9.17) is 12.2 Å². The van der Waals surface area contributed by atoms with Crippen LogP contribution in [-0.4, -0.2) is 18.6 Å². The molecule has 0 aromatic heterocycles. The Hall–Kier alpha value is -0.520. The normalized spacial score (nSPS) is 20.7. The zero-order valence-electron chi connectivity index (χ0n) is 8.42. The highest BCUT2D eigenvalue weighted by atomic mass is 15.0. The van der Waals surface area contributed by atoms with Gasteiger partial charge in [0.2, 0.25) is 0 Å². The Bertz CT molecular complexity index is 179. The second-order valence-electron chi connectivity index (χ2n) is 3.85. The summed E-state index contributed by atoms with van der Waals surface area (Å²) in [6.07, 6.45) is 10.2. The molecule has 1 saturated carbocycles. The van der Waals surface area contributed by atoms with Crippen molar-refractivity contribution in [1.29, 1.82) is 0 Å². The van der Waals surface area contributed by atoms with E-state index in [0.717, 1.165) is 18.8 Å². The van der Waals surface area contributed by atoms with Gasteiger partial charge in [-0.3, -0.25) is 5.32 Å².